The SMILES string of the molecule is CN1Cc2ccccc2C2(CCN(C3C4CC5CC(C4)CC3C5)CC2)C1. The maximum Gasteiger partial charge on any atom is 0.0234 e. The van der Waals surface area contributed by atoms with Crippen molar-refractivity contribution in [3.8, 4) is 0 Å². The van der Waals surface area contributed by atoms with Crippen LogP contribution in [-0.4, -0.2) is 42.5 Å². The molecule has 0 atom stereocenters. The van der Waals surface area contributed by atoms with Crippen molar-refractivity contribution in [1.29, 1.82) is 0 Å². The van der Waals surface area contributed by atoms with Crippen LogP contribution in [0.5, 0.6) is 0 Å². The Morgan fingerprint density at radius 2 is 1.54 bits per heavy atom. The predicted molar refractivity (Wildman–Crippen MR) is 106 cm³/mol. The number of fused-ring (bicyclic) bond motifs is 2. The first-order chi connectivity index (χ1) is 12.7. The standard InChI is InChI=1S/C24H34N2/c1-25-15-19-4-2-3-5-22(19)24(16-25)6-8-26(9-7-24)23-20-11-17-10-18(13-20)14-21(23)12-17/h2-5,17-18,20-21,23H,6-16H2,1H3. The average Bonchev–Trinajstić information content (AvgIpc) is 2.62. The van der Waals surface area contributed by atoms with E-state index in [0.717, 1.165) is 36.3 Å². The van der Waals surface area contributed by atoms with E-state index in [-0.39, 0.29) is 0 Å². The molecule has 0 radical (unpaired) electrons. The molecule has 1 saturated heterocycles. The van der Waals surface area contributed by atoms with Gasteiger partial charge in [-0.1, -0.05) is 24.3 Å². The normalized spacial score (nSPS) is 41.5. The largest absolute Gasteiger partial charge is 0.301 e. The molecule has 2 aliphatic heterocycles. The fraction of sp³-hybridized carbons (Fsp3) is 0.750. The van der Waals surface area contributed by atoms with Gasteiger partial charge in [0.1, 0.15) is 0 Å². The van der Waals surface area contributed by atoms with Crippen LogP contribution in [-0.2, 0) is 12.0 Å². The molecule has 26 heavy (non-hydrogen) atoms. The van der Waals surface area contributed by atoms with Gasteiger partial charge in [-0.05, 0) is 99.9 Å². The van der Waals surface area contributed by atoms with Crippen LogP contribution in [0.25, 0.3) is 0 Å². The van der Waals surface area contributed by atoms with Gasteiger partial charge in [-0.3, -0.25) is 4.90 Å². The van der Waals surface area contributed by atoms with Crippen LogP contribution < -0.4 is 0 Å². The molecule has 4 saturated carbocycles. The molecule has 0 unspecified atom stereocenters. The maximum absolute atomic E-state index is 2.97. The lowest BCUT2D eigenvalue weighted by Gasteiger charge is -2.59. The second-order valence-electron chi connectivity index (χ2n) is 10.6. The predicted octanol–water partition coefficient (Wildman–Crippen LogP) is 4.29. The van der Waals surface area contributed by atoms with E-state index in [9.17, 15) is 0 Å². The zero-order valence-corrected chi connectivity index (χ0v) is 16.4. The molecule has 1 spiro atoms. The Labute approximate surface area is 158 Å². The Morgan fingerprint density at radius 1 is 0.885 bits per heavy atom. The molecule has 4 aliphatic carbocycles. The second-order valence-corrected chi connectivity index (χ2v) is 10.6. The number of nitrogens with zero attached hydrogens (tertiary/aromatic N) is 2. The van der Waals surface area contributed by atoms with E-state index < -0.39 is 0 Å². The van der Waals surface area contributed by atoms with Gasteiger partial charge in [-0.2, -0.15) is 0 Å². The second kappa shape index (κ2) is 5.82. The van der Waals surface area contributed by atoms with Gasteiger partial charge in [0.25, 0.3) is 0 Å². The number of hydrogen-bond donors (Lipinski definition) is 0. The van der Waals surface area contributed by atoms with Gasteiger partial charge in [0, 0.05) is 24.5 Å². The number of piperidine rings is 1. The summed E-state index contributed by atoms with van der Waals surface area (Å²) in [5.74, 6) is 4.29. The lowest BCUT2D eigenvalue weighted by Crippen LogP contribution is -2.60. The number of rotatable bonds is 1. The van der Waals surface area contributed by atoms with Crippen LogP contribution in [0.2, 0.25) is 0 Å². The van der Waals surface area contributed by atoms with E-state index in [1.54, 1.807) is 43.2 Å². The third-order valence-electron chi connectivity index (χ3n) is 8.96. The van der Waals surface area contributed by atoms with E-state index in [1.807, 2.05) is 0 Å². The highest BCUT2D eigenvalue weighted by molar-refractivity contribution is 5.37. The van der Waals surface area contributed by atoms with Gasteiger partial charge in [0.05, 0.1) is 0 Å². The van der Waals surface area contributed by atoms with E-state index in [1.165, 1.54) is 32.5 Å². The number of benzene rings is 1. The van der Waals surface area contributed by atoms with Crippen molar-refractivity contribution in [2.24, 2.45) is 23.7 Å². The molecule has 6 aliphatic rings. The highest BCUT2D eigenvalue weighted by Crippen LogP contribution is 2.56. The maximum atomic E-state index is 2.97. The Morgan fingerprint density at radius 3 is 2.23 bits per heavy atom. The molecule has 140 valence electrons. The molecule has 0 N–H and O–H groups in total. The zero-order valence-electron chi connectivity index (χ0n) is 16.4. The molecule has 1 aromatic rings. The van der Waals surface area contributed by atoms with E-state index in [4.69, 9.17) is 0 Å². The molecule has 1 aromatic carbocycles. The first-order valence-corrected chi connectivity index (χ1v) is 11.2. The van der Waals surface area contributed by atoms with E-state index in [0.29, 0.717) is 5.41 Å². The number of likely N-dealkylation sites (N-methyl/N-ethyl adjacent to an activating group) is 1. The molecule has 4 bridgehead atoms. The highest BCUT2D eigenvalue weighted by atomic mass is 15.2. The summed E-state index contributed by atoms with van der Waals surface area (Å²) in [5, 5.41) is 0. The van der Waals surface area contributed by atoms with Crippen molar-refractivity contribution >= 4 is 0 Å². The number of likely N-dealkylation sites (tertiary alicyclic amines) is 1. The van der Waals surface area contributed by atoms with Crippen molar-refractivity contribution in [2.75, 3.05) is 26.7 Å². The topological polar surface area (TPSA) is 6.48 Å². The summed E-state index contributed by atoms with van der Waals surface area (Å²) in [6.07, 6.45) is 10.6. The molecule has 7 rings (SSSR count). The summed E-state index contributed by atoms with van der Waals surface area (Å²) in [6, 6.07) is 10.3. The fourth-order valence-corrected chi connectivity index (χ4v) is 8.29. The minimum Gasteiger partial charge on any atom is -0.301 e. The summed E-state index contributed by atoms with van der Waals surface area (Å²) >= 11 is 0. The molecule has 5 fully saturated rings. The molecule has 0 amide bonds. The third-order valence-corrected chi connectivity index (χ3v) is 8.96. The lowest BCUT2D eigenvalue weighted by atomic mass is 9.53. The summed E-state index contributed by atoms with van der Waals surface area (Å²) in [4.78, 5) is 5.54. The van der Waals surface area contributed by atoms with Gasteiger partial charge in [0.2, 0.25) is 0 Å². The lowest BCUT2D eigenvalue weighted by molar-refractivity contribution is -0.0772. The van der Waals surface area contributed by atoms with Gasteiger partial charge >= 0.3 is 0 Å². The Hall–Kier alpha value is -0.860. The van der Waals surface area contributed by atoms with Crippen LogP contribution in [0.15, 0.2) is 24.3 Å². The first kappa shape index (κ1) is 16.1. The van der Waals surface area contributed by atoms with Crippen molar-refractivity contribution in [3.63, 3.8) is 0 Å². The number of hydrogen-bond acceptors (Lipinski definition) is 2. The first-order valence-electron chi connectivity index (χ1n) is 11.2. The van der Waals surface area contributed by atoms with Crippen molar-refractivity contribution < 1.29 is 0 Å². The van der Waals surface area contributed by atoms with Crippen LogP contribution in [0.3, 0.4) is 0 Å². The van der Waals surface area contributed by atoms with Crippen LogP contribution in [0.1, 0.15) is 56.1 Å². The van der Waals surface area contributed by atoms with Gasteiger partial charge in [-0.15, -0.1) is 0 Å². The smallest absolute Gasteiger partial charge is 0.0234 e. The van der Waals surface area contributed by atoms with Gasteiger partial charge in [-0.25, -0.2) is 0 Å². The Bertz CT molecular complexity index is 659. The van der Waals surface area contributed by atoms with Gasteiger partial charge < -0.3 is 4.90 Å². The van der Waals surface area contributed by atoms with Crippen molar-refractivity contribution in [2.45, 2.75) is 62.9 Å². The monoisotopic (exact) mass is 350 g/mol. The van der Waals surface area contributed by atoms with Gasteiger partial charge in [0.15, 0.2) is 0 Å². The fourth-order valence-electron chi connectivity index (χ4n) is 8.29. The van der Waals surface area contributed by atoms with Crippen LogP contribution >= 0.6 is 0 Å². The third kappa shape index (κ3) is 2.37. The van der Waals surface area contributed by atoms with Crippen LogP contribution in [0, 0.1) is 23.7 Å². The Balaban J connectivity index is 1.23. The average molecular weight is 351 g/mol. The van der Waals surface area contributed by atoms with Crippen molar-refractivity contribution in [1.82, 2.24) is 9.80 Å². The summed E-state index contributed by atoms with van der Waals surface area (Å²) in [6.45, 7) is 5.08. The summed E-state index contributed by atoms with van der Waals surface area (Å²) < 4.78 is 0. The molecule has 2 nitrogen and oxygen atoms in total. The minimum absolute atomic E-state index is 0.423. The molecule has 2 heteroatoms. The summed E-state index contributed by atoms with van der Waals surface area (Å²) in [5.41, 5.74) is 3.69. The molecular formula is C24H34N2. The Kier molecular flexibility index (Phi) is 3.61. The zero-order chi connectivity index (χ0) is 17.3. The highest BCUT2D eigenvalue weighted by Gasteiger charge is 2.51. The molecular weight excluding hydrogens is 316 g/mol. The van der Waals surface area contributed by atoms with E-state index in [2.05, 4.69) is 41.1 Å². The van der Waals surface area contributed by atoms with Crippen LogP contribution in [0.4, 0.5) is 0 Å². The minimum atomic E-state index is 0.423. The molecule has 2 heterocycles. The van der Waals surface area contributed by atoms with E-state index >= 15 is 0 Å². The molecule has 0 aromatic heterocycles. The van der Waals surface area contributed by atoms with Crippen molar-refractivity contribution in [3.05, 3.63) is 35.4 Å². The summed E-state index contributed by atoms with van der Waals surface area (Å²) in [7, 11) is 2.32. The quantitative estimate of drug-likeness (QED) is 0.745.